The zero-order valence-electron chi connectivity index (χ0n) is 12.6. The molecular formula is C16H16F4N4. The third-order valence-corrected chi connectivity index (χ3v) is 3.21. The van der Waals surface area contributed by atoms with E-state index in [2.05, 4.69) is 15.3 Å². The maximum atomic E-state index is 13.0. The number of pyridine rings is 1. The molecule has 2 rings (SSSR count). The van der Waals surface area contributed by atoms with Crippen LogP contribution in [-0.4, -0.2) is 17.5 Å². The Morgan fingerprint density at radius 1 is 1.21 bits per heavy atom. The van der Waals surface area contributed by atoms with Gasteiger partial charge in [-0.05, 0) is 29.8 Å². The topological polar surface area (TPSA) is 63.3 Å². The Labute approximate surface area is 136 Å². The van der Waals surface area contributed by atoms with E-state index in [1.54, 1.807) is 12.3 Å². The third kappa shape index (κ3) is 5.22. The van der Waals surface area contributed by atoms with Crippen LogP contribution in [0.5, 0.6) is 0 Å². The molecule has 0 amide bonds. The average molecular weight is 340 g/mol. The van der Waals surface area contributed by atoms with Crippen LogP contribution in [0.25, 0.3) is 0 Å². The smallest absolute Gasteiger partial charge is 0.370 e. The first-order valence-electron chi connectivity index (χ1n) is 7.15. The van der Waals surface area contributed by atoms with Crippen molar-refractivity contribution in [3.63, 3.8) is 0 Å². The van der Waals surface area contributed by atoms with E-state index >= 15 is 0 Å². The molecule has 1 aromatic carbocycles. The van der Waals surface area contributed by atoms with Gasteiger partial charge in [-0.25, -0.2) is 9.38 Å². The fourth-order valence-corrected chi connectivity index (χ4v) is 2.04. The first-order valence-corrected chi connectivity index (χ1v) is 7.15. The molecule has 0 unspecified atom stereocenters. The van der Waals surface area contributed by atoms with Crippen LogP contribution in [-0.2, 0) is 19.1 Å². The number of nitrogens with zero attached hydrogens (tertiary/aromatic N) is 2. The van der Waals surface area contributed by atoms with Gasteiger partial charge in [0.05, 0.1) is 12.1 Å². The summed E-state index contributed by atoms with van der Waals surface area (Å²) in [6.45, 7) is 0.152. The summed E-state index contributed by atoms with van der Waals surface area (Å²) >= 11 is 0. The van der Waals surface area contributed by atoms with Gasteiger partial charge in [0.2, 0.25) is 0 Å². The molecule has 4 nitrogen and oxygen atoms in total. The van der Waals surface area contributed by atoms with E-state index in [1.807, 2.05) is 12.1 Å². The van der Waals surface area contributed by atoms with Gasteiger partial charge in [0.1, 0.15) is 5.82 Å². The molecule has 8 heteroatoms. The van der Waals surface area contributed by atoms with E-state index in [4.69, 9.17) is 5.73 Å². The standard InChI is InChI=1S/C16H16F4N4/c17-12-5-4-11(14(9-12)16(18,19)20)10-24-15(21)23-8-6-13-3-1-2-7-22-13/h1-5,7,9H,6,8,10H2,(H3,21,23,24). The second-order valence-corrected chi connectivity index (χ2v) is 5.00. The Morgan fingerprint density at radius 3 is 2.67 bits per heavy atom. The van der Waals surface area contributed by atoms with Gasteiger partial charge in [0.15, 0.2) is 5.96 Å². The van der Waals surface area contributed by atoms with Crippen molar-refractivity contribution in [3.05, 3.63) is 65.2 Å². The van der Waals surface area contributed by atoms with Crippen molar-refractivity contribution in [2.75, 3.05) is 6.54 Å². The molecule has 0 radical (unpaired) electrons. The highest BCUT2D eigenvalue weighted by Crippen LogP contribution is 2.32. The normalized spacial score (nSPS) is 12.2. The fraction of sp³-hybridized carbons (Fsp3) is 0.250. The summed E-state index contributed by atoms with van der Waals surface area (Å²) in [6, 6.07) is 7.98. The molecule has 0 aliphatic rings. The number of guanidine groups is 1. The Balaban J connectivity index is 1.95. The highest BCUT2D eigenvalue weighted by Gasteiger charge is 2.33. The first-order chi connectivity index (χ1) is 11.4. The zero-order chi connectivity index (χ0) is 17.6. The van der Waals surface area contributed by atoms with Gasteiger partial charge >= 0.3 is 6.18 Å². The van der Waals surface area contributed by atoms with Crippen LogP contribution >= 0.6 is 0 Å². The van der Waals surface area contributed by atoms with Crippen molar-refractivity contribution in [1.82, 2.24) is 10.3 Å². The predicted octanol–water partition coefficient (Wildman–Crippen LogP) is 2.89. The lowest BCUT2D eigenvalue weighted by Crippen LogP contribution is -2.33. The number of halogens is 4. The number of aliphatic imine (C=N–C) groups is 1. The SMILES string of the molecule is NC(=NCc1ccc(F)cc1C(F)(F)F)NCCc1ccccn1. The highest BCUT2D eigenvalue weighted by molar-refractivity contribution is 5.77. The summed E-state index contributed by atoms with van der Waals surface area (Å²) in [4.78, 5) is 8.00. The summed E-state index contributed by atoms with van der Waals surface area (Å²) in [6.07, 6.45) is -2.38. The molecule has 0 spiro atoms. The molecule has 0 aliphatic carbocycles. The van der Waals surface area contributed by atoms with Gasteiger partial charge < -0.3 is 11.1 Å². The van der Waals surface area contributed by atoms with Crippen molar-refractivity contribution in [2.45, 2.75) is 19.1 Å². The predicted molar refractivity (Wildman–Crippen MR) is 82.7 cm³/mol. The Morgan fingerprint density at radius 2 is 2.00 bits per heavy atom. The molecule has 3 N–H and O–H groups in total. The Bertz CT molecular complexity index is 699. The Hall–Kier alpha value is -2.64. The molecular weight excluding hydrogens is 324 g/mol. The van der Waals surface area contributed by atoms with E-state index in [-0.39, 0.29) is 18.1 Å². The first kappa shape index (κ1) is 17.7. The maximum absolute atomic E-state index is 13.0. The van der Waals surface area contributed by atoms with E-state index < -0.39 is 17.6 Å². The van der Waals surface area contributed by atoms with Crippen LogP contribution in [0.1, 0.15) is 16.8 Å². The quantitative estimate of drug-likeness (QED) is 0.500. The van der Waals surface area contributed by atoms with Gasteiger partial charge in [-0.3, -0.25) is 4.98 Å². The molecule has 0 saturated heterocycles. The zero-order valence-corrected chi connectivity index (χ0v) is 12.6. The minimum absolute atomic E-state index is 0.0170. The minimum atomic E-state index is -4.64. The van der Waals surface area contributed by atoms with Gasteiger partial charge in [0, 0.05) is 24.9 Å². The van der Waals surface area contributed by atoms with Crippen LogP contribution in [0.4, 0.5) is 17.6 Å². The van der Waals surface area contributed by atoms with Crippen molar-refractivity contribution in [1.29, 1.82) is 0 Å². The van der Waals surface area contributed by atoms with Crippen molar-refractivity contribution in [2.24, 2.45) is 10.7 Å². The lowest BCUT2D eigenvalue weighted by Gasteiger charge is -2.12. The van der Waals surface area contributed by atoms with Gasteiger partial charge in [-0.2, -0.15) is 13.2 Å². The Kier molecular flexibility index (Phi) is 5.73. The number of nitrogens with one attached hydrogen (secondary N) is 1. The molecule has 1 aromatic heterocycles. The number of benzene rings is 1. The number of aromatic nitrogens is 1. The molecule has 0 atom stereocenters. The van der Waals surface area contributed by atoms with Crippen LogP contribution in [0.2, 0.25) is 0 Å². The van der Waals surface area contributed by atoms with E-state index in [9.17, 15) is 17.6 Å². The van der Waals surface area contributed by atoms with Crippen LogP contribution in [0.3, 0.4) is 0 Å². The second kappa shape index (κ2) is 7.76. The third-order valence-electron chi connectivity index (χ3n) is 3.21. The number of nitrogens with two attached hydrogens (primary N) is 1. The van der Waals surface area contributed by atoms with Crippen molar-refractivity contribution in [3.8, 4) is 0 Å². The number of rotatable bonds is 5. The summed E-state index contributed by atoms with van der Waals surface area (Å²) < 4.78 is 51.6. The molecule has 0 fully saturated rings. The summed E-state index contributed by atoms with van der Waals surface area (Å²) in [5, 5.41) is 2.80. The lowest BCUT2D eigenvalue weighted by molar-refractivity contribution is -0.138. The largest absolute Gasteiger partial charge is 0.416 e. The van der Waals surface area contributed by atoms with E-state index in [0.29, 0.717) is 19.0 Å². The van der Waals surface area contributed by atoms with Gasteiger partial charge in [-0.15, -0.1) is 0 Å². The molecule has 0 saturated carbocycles. The van der Waals surface area contributed by atoms with Crippen molar-refractivity contribution >= 4 is 5.96 Å². The number of hydrogen-bond acceptors (Lipinski definition) is 2. The second-order valence-electron chi connectivity index (χ2n) is 5.00. The monoisotopic (exact) mass is 340 g/mol. The number of hydrogen-bond donors (Lipinski definition) is 2. The lowest BCUT2D eigenvalue weighted by atomic mass is 10.1. The average Bonchev–Trinajstić information content (AvgIpc) is 2.54. The van der Waals surface area contributed by atoms with Gasteiger partial charge in [0.25, 0.3) is 0 Å². The maximum Gasteiger partial charge on any atom is 0.416 e. The molecule has 24 heavy (non-hydrogen) atoms. The van der Waals surface area contributed by atoms with Crippen LogP contribution in [0, 0.1) is 5.82 Å². The van der Waals surface area contributed by atoms with Crippen LogP contribution < -0.4 is 11.1 Å². The highest BCUT2D eigenvalue weighted by atomic mass is 19.4. The van der Waals surface area contributed by atoms with Crippen LogP contribution in [0.15, 0.2) is 47.6 Å². The summed E-state index contributed by atoms with van der Waals surface area (Å²) in [5.41, 5.74) is 5.31. The molecule has 0 bridgehead atoms. The molecule has 1 heterocycles. The van der Waals surface area contributed by atoms with Gasteiger partial charge in [-0.1, -0.05) is 12.1 Å². The van der Waals surface area contributed by atoms with Crippen molar-refractivity contribution < 1.29 is 17.6 Å². The summed E-state index contributed by atoms with van der Waals surface area (Å²) in [5.74, 6) is -0.931. The van der Waals surface area contributed by atoms with E-state index in [1.165, 1.54) is 0 Å². The molecule has 2 aromatic rings. The molecule has 0 aliphatic heterocycles. The fourth-order valence-electron chi connectivity index (χ4n) is 2.04. The number of alkyl halides is 3. The minimum Gasteiger partial charge on any atom is -0.370 e. The summed E-state index contributed by atoms with van der Waals surface area (Å²) in [7, 11) is 0. The van der Waals surface area contributed by atoms with E-state index in [0.717, 1.165) is 17.8 Å². The molecule has 128 valence electrons.